The number of carboxylic acids is 1. The first-order valence-electron chi connectivity index (χ1n) is 4.69. The van der Waals surface area contributed by atoms with Crippen LogP contribution in [0.2, 0.25) is 0 Å². The number of hydrogen-bond donors (Lipinski definition) is 2. The average molecular weight is 449 g/mol. The predicted molar refractivity (Wildman–Crippen MR) is 77.4 cm³/mol. The van der Waals surface area contributed by atoms with Gasteiger partial charge in [-0.1, -0.05) is 0 Å². The minimum atomic E-state index is -0.890. The Bertz CT molecular complexity index is 394. The van der Waals surface area contributed by atoms with Gasteiger partial charge in [0.25, 0.3) is 0 Å². The Morgan fingerprint density at radius 1 is 1.69 bits per heavy atom. The van der Waals surface area contributed by atoms with E-state index in [2.05, 4.69) is 55.5 Å². The van der Waals surface area contributed by atoms with Crippen LogP contribution in [0.3, 0.4) is 0 Å². The molecule has 0 saturated carbocycles. The molecule has 1 aromatic rings. The molecule has 0 amide bonds. The first kappa shape index (κ1) is 14.2. The van der Waals surface area contributed by atoms with Gasteiger partial charge in [-0.05, 0) is 65.6 Å². The molecular weight excluding hydrogens is 436 g/mol. The number of hydrogen-bond acceptors (Lipinski definition) is 3. The van der Waals surface area contributed by atoms with Crippen LogP contribution in [-0.4, -0.2) is 33.2 Å². The Morgan fingerprint density at radius 3 is 2.69 bits per heavy atom. The predicted octanol–water partition coefficient (Wildman–Crippen LogP) is 1.55. The first-order chi connectivity index (χ1) is 7.40. The summed E-state index contributed by atoms with van der Waals surface area (Å²) in [5, 5.41) is 11.9. The maximum atomic E-state index is 11.1. The summed E-state index contributed by atoms with van der Waals surface area (Å²) in [6.07, 6.45) is 2.25. The molecule has 90 valence electrons. The summed E-state index contributed by atoms with van der Waals surface area (Å²) >= 11 is 4.36. The molecule has 7 heteroatoms. The van der Waals surface area contributed by atoms with Gasteiger partial charge in [0.15, 0.2) is 0 Å². The van der Waals surface area contributed by atoms with Gasteiger partial charge in [-0.3, -0.25) is 4.79 Å². The Balaban J connectivity index is 2.70. The largest absolute Gasteiger partial charge is 0.480 e. The monoisotopic (exact) mass is 449 g/mol. The van der Waals surface area contributed by atoms with E-state index >= 15 is 0 Å². The second-order valence-corrected chi connectivity index (χ2v) is 5.70. The van der Waals surface area contributed by atoms with Gasteiger partial charge in [-0.2, -0.15) is 0 Å². The van der Waals surface area contributed by atoms with E-state index in [1.54, 1.807) is 20.3 Å². The third-order valence-electron chi connectivity index (χ3n) is 2.61. The van der Waals surface area contributed by atoms with Gasteiger partial charge in [-0.25, -0.2) is 4.98 Å². The molecule has 1 atom stereocenters. The fraction of sp³-hybridized carbons (Fsp3) is 0.556. The zero-order valence-corrected chi connectivity index (χ0v) is 13.3. The molecular formula is C9H13I2N3O2. The molecule has 0 saturated heterocycles. The quantitative estimate of drug-likeness (QED) is 0.670. The minimum absolute atomic E-state index is 0.515. The zero-order valence-electron chi connectivity index (χ0n) is 9.00. The molecule has 0 spiro atoms. The normalized spacial score (nSPS) is 14.8. The second kappa shape index (κ2) is 5.63. The first-order valence-corrected chi connectivity index (χ1v) is 6.85. The van der Waals surface area contributed by atoms with Crippen molar-refractivity contribution in [2.24, 2.45) is 0 Å². The Kier molecular flexibility index (Phi) is 4.98. The van der Waals surface area contributed by atoms with Crippen LogP contribution in [0.15, 0.2) is 6.33 Å². The number of rotatable bonds is 5. The third kappa shape index (κ3) is 3.06. The lowest BCUT2D eigenvalue weighted by atomic mass is 9.98. The number of aromatic nitrogens is 2. The van der Waals surface area contributed by atoms with Gasteiger partial charge in [0, 0.05) is 6.54 Å². The molecule has 1 heterocycles. The molecule has 0 fully saturated rings. The van der Waals surface area contributed by atoms with Crippen molar-refractivity contribution < 1.29 is 9.90 Å². The fourth-order valence-corrected chi connectivity index (χ4v) is 2.12. The minimum Gasteiger partial charge on any atom is -0.480 e. The SMILES string of the molecule is CNC(C)(CCn1cnc(I)c1I)C(=O)O. The number of carboxylic acid groups (broad SMARTS) is 1. The molecule has 0 aromatic carbocycles. The molecule has 0 aliphatic heterocycles. The third-order valence-corrected chi connectivity index (χ3v) is 5.56. The Hall–Kier alpha value is 0.1000. The summed E-state index contributed by atoms with van der Waals surface area (Å²) in [4.78, 5) is 15.2. The van der Waals surface area contributed by atoms with Crippen molar-refractivity contribution in [3.05, 3.63) is 13.7 Å². The number of imidazole rings is 1. The lowest BCUT2D eigenvalue weighted by molar-refractivity contribution is -0.144. The highest BCUT2D eigenvalue weighted by Crippen LogP contribution is 2.16. The highest BCUT2D eigenvalue weighted by Gasteiger charge is 2.30. The van der Waals surface area contributed by atoms with Crippen molar-refractivity contribution in [2.45, 2.75) is 25.4 Å². The van der Waals surface area contributed by atoms with Gasteiger partial charge in [0.1, 0.15) is 12.9 Å². The number of nitrogens with zero attached hydrogens (tertiary/aromatic N) is 2. The second-order valence-electron chi connectivity index (χ2n) is 3.66. The van der Waals surface area contributed by atoms with Crippen molar-refractivity contribution >= 4 is 51.2 Å². The van der Waals surface area contributed by atoms with Crippen LogP contribution in [0, 0.1) is 7.40 Å². The van der Waals surface area contributed by atoms with E-state index in [1.807, 2.05) is 4.57 Å². The smallest absolute Gasteiger partial charge is 0.323 e. The summed E-state index contributed by atoms with van der Waals surface area (Å²) in [6.45, 7) is 2.32. The number of likely N-dealkylation sites (N-methyl/N-ethyl adjacent to an activating group) is 1. The number of halogens is 2. The number of carbonyl (C=O) groups is 1. The van der Waals surface area contributed by atoms with Gasteiger partial charge in [0.2, 0.25) is 0 Å². The molecule has 1 aromatic heterocycles. The summed E-state index contributed by atoms with van der Waals surface area (Å²) < 4.78 is 3.95. The summed E-state index contributed by atoms with van der Waals surface area (Å²) in [5.41, 5.74) is -0.890. The van der Waals surface area contributed by atoms with E-state index in [0.717, 1.165) is 7.40 Å². The van der Waals surface area contributed by atoms with Gasteiger partial charge >= 0.3 is 5.97 Å². The van der Waals surface area contributed by atoms with Crippen LogP contribution in [-0.2, 0) is 11.3 Å². The lowest BCUT2D eigenvalue weighted by Crippen LogP contribution is -2.48. The Labute approximate surface area is 121 Å². The molecule has 0 aliphatic carbocycles. The summed E-state index contributed by atoms with van der Waals surface area (Å²) in [5.74, 6) is -0.833. The topological polar surface area (TPSA) is 67.2 Å². The van der Waals surface area contributed by atoms with E-state index < -0.39 is 11.5 Å². The van der Waals surface area contributed by atoms with Crippen LogP contribution in [0.1, 0.15) is 13.3 Å². The fourth-order valence-electron chi connectivity index (χ4n) is 1.18. The maximum Gasteiger partial charge on any atom is 0.323 e. The molecule has 16 heavy (non-hydrogen) atoms. The van der Waals surface area contributed by atoms with Crippen LogP contribution in [0.5, 0.6) is 0 Å². The van der Waals surface area contributed by atoms with Gasteiger partial charge < -0.3 is 15.0 Å². The van der Waals surface area contributed by atoms with Crippen molar-refractivity contribution in [2.75, 3.05) is 7.05 Å². The van der Waals surface area contributed by atoms with Crippen LogP contribution in [0.4, 0.5) is 0 Å². The van der Waals surface area contributed by atoms with Gasteiger partial charge in [-0.15, -0.1) is 0 Å². The maximum absolute atomic E-state index is 11.1. The summed E-state index contributed by atoms with van der Waals surface area (Å²) in [6, 6.07) is 0. The highest BCUT2D eigenvalue weighted by atomic mass is 127. The van der Waals surface area contributed by atoms with Gasteiger partial charge in [0.05, 0.1) is 6.33 Å². The molecule has 0 radical (unpaired) electrons. The van der Waals surface area contributed by atoms with Crippen molar-refractivity contribution in [1.29, 1.82) is 0 Å². The molecule has 1 unspecified atom stereocenters. The highest BCUT2D eigenvalue weighted by molar-refractivity contribution is 14.1. The molecule has 0 aliphatic rings. The van der Waals surface area contributed by atoms with Crippen LogP contribution in [0.25, 0.3) is 0 Å². The molecule has 5 nitrogen and oxygen atoms in total. The van der Waals surface area contributed by atoms with E-state index in [-0.39, 0.29) is 0 Å². The number of nitrogens with one attached hydrogen (secondary N) is 1. The lowest BCUT2D eigenvalue weighted by Gasteiger charge is -2.24. The van der Waals surface area contributed by atoms with E-state index in [0.29, 0.717) is 13.0 Å². The van der Waals surface area contributed by atoms with Crippen molar-refractivity contribution in [3.8, 4) is 0 Å². The Morgan fingerprint density at radius 2 is 2.31 bits per heavy atom. The van der Waals surface area contributed by atoms with Crippen LogP contribution < -0.4 is 5.32 Å². The molecule has 0 bridgehead atoms. The number of aryl methyl sites for hydroxylation is 1. The molecule has 1 rings (SSSR count). The summed E-state index contributed by atoms with van der Waals surface area (Å²) in [7, 11) is 1.66. The van der Waals surface area contributed by atoms with E-state index in [1.165, 1.54) is 0 Å². The standard InChI is InChI=1S/C9H13I2N3O2/c1-9(12-2,8(15)16)3-4-14-5-13-6(10)7(14)11/h5,12H,3-4H2,1-2H3,(H,15,16). The zero-order chi connectivity index (χ0) is 12.3. The molecule has 2 N–H and O–H groups in total. The van der Waals surface area contributed by atoms with E-state index in [4.69, 9.17) is 5.11 Å². The van der Waals surface area contributed by atoms with E-state index in [9.17, 15) is 4.79 Å². The van der Waals surface area contributed by atoms with Crippen molar-refractivity contribution in [1.82, 2.24) is 14.9 Å². The number of aliphatic carboxylic acids is 1. The van der Waals surface area contributed by atoms with Crippen molar-refractivity contribution in [3.63, 3.8) is 0 Å². The average Bonchev–Trinajstić information content (AvgIpc) is 2.56. The van der Waals surface area contributed by atoms with Crippen LogP contribution >= 0.6 is 45.2 Å².